The second-order valence-electron chi connectivity index (χ2n) is 12.4. The number of benzene rings is 2. The molecule has 220 valence electrons. The maximum absolute atomic E-state index is 13.1. The average molecular weight is 571 g/mol. The molecule has 1 aromatic heterocycles. The van der Waals surface area contributed by atoms with Gasteiger partial charge in [0.25, 0.3) is 0 Å². The van der Waals surface area contributed by atoms with E-state index in [2.05, 4.69) is 47.7 Å². The number of nitrogens with one attached hydrogen (secondary N) is 1. The summed E-state index contributed by atoms with van der Waals surface area (Å²) in [6.07, 6.45) is 4.45. The average Bonchev–Trinajstić information content (AvgIpc) is 3.43. The zero-order valence-electron chi connectivity index (χ0n) is 25.2. The number of ketones is 1. The van der Waals surface area contributed by atoms with Crippen molar-refractivity contribution in [2.24, 2.45) is 5.41 Å². The van der Waals surface area contributed by atoms with Crippen molar-refractivity contribution in [1.29, 1.82) is 0 Å². The van der Waals surface area contributed by atoms with Crippen LogP contribution in [0.4, 0.5) is 0 Å². The largest absolute Gasteiger partial charge is 0.458 e. The zero-order chi connectivity index (χ0) is 30.2. The molecule has 1 N–H and O–H groups in total. The minimum atomic E-state index is -1.13. The number of ether oxygens (including phenoxy) is 2. The fourth-order valence-corrected chi connectivity index (χ4v) is 5.61. The van der Waals surface area contributed by atoms with E-state index in [9.17, 15) is 14.4 Å². The van der Waals surface area contributed by atoms with Gasteiger partial charge >= 0.3 is 11.9 Å². The molecule has 5 rings (SSSR count). The third-order valence-corrected chi connectivity index (χ3v) is 7.94. The van der Waals surface area contributed by atoms with Crippen molar-refractivity contribution in [2.45, 2.75) is 79.6 Å². The Labute approximate surface area is 246 Å². The SMILES string of the molecule is Cc1cc(-c2cccc(-n3cc(COC(=O)[C@]4(C)C=C(C(=O)OC(C)(C)C)C(=O)CC4)nn3)c2)c(C)c2c1CNCC2. The van der Waals surface area contributed by atoms with Gasteiger partial charge in [-0.2, -0.15) is 0 Å². The third kappa shape index (κ3) is 6.06. The standard InChI is InChI=1S/C33H38N4O5/c1-20-14-26(21(2)25-11-13-34-17-28(20)25)22-8-7-9-24(15-22)37-18-23(35-36-37)19-41-31(40)33(6)12-10-29(38)27(16-33)30(39)42-32(3,4)5/h7-9,14-16,18,34H,10-13,17,19H2,1-6H3/t33-/m0/s1. The van der Waals surface area contributed by atoms with Crippen molar-refractivity contribution in [3.63, 3.8) is 0 Å². The molecule has 0 spiro atoms. The van der Waals surface area contributed by atoms with Crippen molar-refractivity contribution in [1.82, 2.24) is 20.3 Å². The molecule has 0 saturated carbocycles. The van der Waals surface area contributed by atoms with Crippen LogP contribution in [0.1, 0.15) is 68.5 Å². The maximum atomic E-state index is 13.1. The van der Waals surface area contributed by atoms with Crippen molar-refractivity contribution in [3.8, 4) is 16.8 Å². The molecule has 42 heavy (non-hydrogen) atoms. The van der Waals surface area contributed by atoms with Crippen LogP contribution in [0, 0.1) is 19.3 Å². The summed E-state index contributed by atoms with van der Waals surface area (Å²) < 4.78 is 12.6. The number of carbonyl (C=O) groups is 3. The summed E-state index contributed by atoms with van der Waals surface area (Å²) in [6.45, 7) is 13.0. The Morgan fingerprint density at radius 3 is 2.67 bits per heavy atom. The van der Waals surface area contributed by atoms with E-state index in [-0.39, 0.29) is 30.8 Å². The molecular formula is C33H38N4O5. The predicted molar refractivity (Wildman–Crippen MR) is 158 cm³/mol. The minimum Gasteiger partial charge on any atom is -0.458 e. The number of aryl methyl sites for hydroxylation is 1. The van der Waals surface area contributed by atoms with E-state index in [0.717, 1.165) is 30.8 Å². The van der Waals surface area contributed by atoms with Crippen LogP contribution in [0.2, 0.25) is 0 Å². The fraction of sp³-hybridized carbons (Fsp3) is 0.424. The molecule has 0 bridgehead atoms. The maximum Gasteiger partial charge on any atom is 0.341 e. The van der Waals surface area contributed by atoms with Gasteiger partial charge in [0.2, 0.25) is 0 Å². The molecule has 1 aliphatic carbocycles. The van der Waals surface area contributed by atoms with E-state index >= 15 is 0 Å². The Morgan fingerprint density at radius 1 is 1.12 bits per heavy atom. The van der Waals surface area contributed by atoms with Crippen molar-refractivity contribution in [3.05, 3.63) is 76.1 Å². The predicted octanol–water partition coefficient (Wildman–Crippen LogP) is 4.88. The van der Waals surface area contributed by atoms with Crippen LogP contribution in [0.25, 0.3) is 16.8 Å². The van der Waals surface area contributed by atoms with E-state index in [1.807, 2.05) is 12.1 Å². The first kappa shape index (κ1) is 29.4. The number of esters is 2. The highest BCUT2D eigenvalue weighted by atomic mass is 16.6. The molecule has 0 amide bonds. The van der Waals surface area contributed by atoms with Crippen molar-refractivity contribution >= 4 is 17.7 Å². The molecule has 9 nitrogen and oxygen atoms in total. The Hall–Kier alpha value is -4.11. The van der Waals surface area contributed by atoms with Crippen molar-refractivity contribution in [2.75, 3.05) is 6.54 Å². The van der Waals surface area contributed by atoms with Gasteiger partial charge in [-0.25, -0.2) is 9.48 Å². The van der Waals surface area contributed by atoms with Gasteiger partial charge in [-0.3, -0.25) is 9.59 Å². The number of rotatable bonds is 6. The minimum absolute atomic E-state index is 0.0588. The lowest BCUT2D eigenvalue weighted by Gasteiger charge is -2.29. The lowest BCUT2D eigenvalue weighted by molar-refractivity contribution is -0.155. The molecule has 9 heteroatoms. The summed E-state index contributed by atoms with van der Waals surface area (Å²) in [5, 5.41) is 11.9. The molecule has 0 radical (unpaired) electrons. The second-order valence-corrected chi connectivity index (χ2v) is 12.4. The van der Waals surface area contributed by atoms with Crippen LogP contribution in [-0.2, 0) is 43.4 Å². The van der Waals surface area contributed by atoms with Gasteiger partial charge in [-0.05, 0) is 113 Å². The van der Waals surface area contributed by atoms with E-state index in [1.54, 1.807) is 38.6 Å². The monoisotopic (exact) mass is 570 g/mol. The highest BCUT2D eigenvalue weighted by molar-refractivity contribution is 6.18. The van der Waals surface area contributed by atoms with Gasteiger partial charge in [0.15, 0.2) is 5.78 Å². The topological polar surface area (TPSA) is 112 Å². The zero-order valence-corrected chi connectivity index (χ0v) is 25.2. The number of fused-ring (bicyclic) bond motifs is 1. The Balaban J connectivity index is 1.30. The van der Waals surface area contributed by atoms with Crippen LogP contribution in [0.5, 0.6) is 0 Å². The second kappa shape index (κ2) is 11.3. The number of aromatic nitrogens is 3. The lowest BCUT2D eigenvalue weighted by atomic mass is 9.77. The fourth-order valence-electron chi connectivity index (χ4n) is 5.61. The van der Waals surface area contributed by atoms with Crippen LogP contribution < -0.4 is 5.32 Å². The van der Waals surface area contributed by atoms with Gasteiger partial charge < -0.3 is 14.8 Å². The molecule has 3 aromatic rings. The number of carbonyl (C=O) groups excluding carboxylic acids is 3. The van der Waals surface area contributed by atoms with Gasteiger partial charge in [0.05, 0.1) is 22.9 Å². The number of Topliss-reactive ketones (excluding diaryl/α,β-unsaturated/α-hetero) is 1. The molecule has 0 fully saturated rings. The van der Waals surface area contributed by atoms with Crippen LogP contribution in [0.3, 0.4) is 0 Å². The Morgan fingerprint density at radius 2 is 1.90 bits per heavy atom. The first-order chi connectivity index (χ1) is 19.8. The molecule has 2 aliphatic rings. The summed E-state index contributed by atoms with van der Waals surface area (Å²) in [5.74, 6) is -1.60. The number of nitrogens with zero attached hydrogens (tertiary/aromatic N) is 3. The number of hydrogen-bond acceptors (Lipinski definition) is 8. The van der Waals surface area contributed by atoms with E-state index in [1.165, 1.54) is 33.9 Å². The van der Waals surface area contributed by atoms with Gasteiger partial charge in [0, 0.05) is 13.0 Å². The molecule has 2 heterocycles. The molecular weight excluding hydrogens is 532 g/mol. The Bertz CT molecular complexity index is 1600. The first-order valence-corrected chi connectivity index (χ1v) is 14.4. The molecule has 1 aliphatic heterocycles. The highest BCUT2D eigenvalue weighted by Crippen LogP contribution is 2.35. The lowest BCUT2D eigenvalue weighted by Crippen LogP contribution is -2.36. The van der Waals surface area contributed by atoms with E-state index < -0.39 is 23.0 Å². The molecule has 0 saturated heterocycles. The van der Waals surface area contributed by atoms with Crippen LogP contribution in [-0.4, -0.2) is 44.9 Å². The third-order valence-electron chi connectivity index (χ3n) is 7.94. The van der Waals surface area contributed by atoms with E-state index in [4.69, 9.17) is 9.47 Å². The Kier molecular flexibility index (Phi) is 7.90. The quantitative estimate of drug-likeness (QED) is 0.330. The summed E-state index contributed by atoms with van der Waals surface area (Å²) in [6, 6.07) is 10.4. The molecule has 1 atom stereocenters. The van der Waals surface area contributed by atoms with Gasteiger partial charge in [-0.1, -0.05) is 23.4 Å². The molecule has 0 unspecified atom stereocenters. The normalized spacial score (nSPS) is 18.7. The summed E-state index contributed by atoms with van der Waals surface area (Å²) in [4.78, 5) is 38.1. The smallest absolute Gasteiger partial charge is 0.341 e. The van der Waals surface area contributed by atoms with Crippen molar-refractivity contribution < 1.29 is 23.9 Å². The van der Waals surface area contributed by atoms with E-state index in [0.29, 0.717) is 5.69 Å². The number of hydrogen-bond donors (Lipinski definition) is 1. The van der Waals surface area contributed by atoms with Crippen LogP contribution in [0.15, 0.2) is 48.2 Å². The van der Waals surface area contributed by atoms with Crippen LogP contribution >= 0.6 is 0 Å². The van der Waals surface area contributed by atoms with Gasteiger partial charge in [-0.15, -0.1) is 5.10 Å². The highest BCUT2D eigenvalue weighted by Gasteiger charge is 2.41. The summed E-state index contributed by atoms with van der Waals surface area (Å²) in [5.41, 5.74) is 7.07. The van der Waals surface area contributed by atoms with Gasteiger partial charge in [0.1, 0.15) is 17.9 Å². The summed E-state index contributed by atoms with van der Waals surface area (Å²) in [7, 11) is 0. The first-order valence-electron chi connectivity index (χ1n) is 14.4. The summed E-state index contributed by atoms with van der Waals surface area (Å²) >= 11 is 0. The molecule has 2 aromatic carbocycles.